The molecule has 2 heterocycles. The summed E-state index contributed by atoms with van der Waals surface area (Å²) in [5.74, 6) is 1.36. The molecule has 2 fully saturated rings. The van der Waals surface area contributed by atoms with Gasteiger partial charge in [0.05, 0.1) is 0 Å². The maximum Gasteiger partial charge on any atom is 0.179 e. The standard InChI is InChI=1S/C16H25N3O2S/c1-22(20,21)15-7-4-9-17-16(15)18-14-8-10-19(12-14)11-13-5-2-3-6-13/h4,7,9,13-14H,2-3,5-6,8,10-12H2,1H3,(H,17,18). The second-order valence-corrected chi connectivity index (χ2v) is 8.65. The third-order valence-electron chi connectivity index (χ3n) is 4.77. The highest BCUT2D eigenvalue weighted by Gasteiger charge is 2.27. The van der Waals surface area contributed by atoms with Crippen molar-refractivity contribution in [3.63, 3.8) is 0 Å². The minimum atomic E-state index is -3.25. The van der Waals surface area contributed by atoms with E-state index in [2.05, 4.69) is 15.2 Å². The van der Waals surface area contributed by atoms with Crippen molar-refractivity contribution in [2.75, 3.05) is 31.2 Å². The highest BCUT2D eigenvalue weighted by Crippen LogP contribution is 2.27. The van der Waals surface area contributed by atoms with Crippen LogP contribution in [0.25, 0.3) is 0 Å². The molecule has 1 aliphatic heterocycles. The second kappa shape index (κ2) is 6.54. The van der Waals surface area contributed by atoms with E-state index in [1.54, 1.807) is 18.3 Å². The Labute approximate surface area is 133 Å². The largest absolute Gasteiger partial charge is 0.365 e. The highest BCUT2D eigenvalue weighted by atomic mass is 32.2. The summed E-state index contributed by atoms with van der Waals surface area (Å²) >= 11 is 0. The number of pyridine rings is 1. The molecule has 1 atom stereocenters. The molecule has 0 aromatic carbocycles. The Morgan fingerprint density at radius 1 is 1.32 bits per heavy atom. The van der Waals surface area contributed by atoms with Gasteiger partial charge in [0.1, 0.15) is 10.7 Å². The summed E-state index contributed by atoms with van der Waals surface area (Å²) in [6, 6.07) is 3.58. The summed E-state index contributed by atoms with van der Waals surface area (Å²) in [4.78, 5) is 7.03. The van der Waals surface area contributed by atoms with Gasteiger partial charge in [0.25, 0.3) is 0 Å². The number of rotatable bonds is 5. The van der Waals surface area contributed by atoms with Gasteiger partial charge in [-0.1, -0.05) is 12.8 Å². The number of anilines is 1. The SMILES string of the molecule is CS(=O)(=O)c1cccnc1NC1CCN(CC2CCCC2)C1. The van der Waals surface area contributed by atoms with Crippen molar-refractivity contribution >= 4 is 15.7 Å². The van der Waals surface area contributed by atoms with E-state index in [4.69, 9.17) is 0 Å². The van der Waals surface area contributed by atoms with Crippen LogP contribution in [0.5, 0.6) is 0 Å². The Bertz CT molecular complexity index is 612. The minimum Gasteiger partial charge on any atom is -0.365 e. The molecule has 3 rings (SSSR count). The molecule has 0 radical (unpaired) electrons. The lowest BCUT2D eigenvalue weighted by Gasteiger charge is -2.21. The third-order valence-corrected chi connectivity index (χ3v) is 5.90. The Kier molecular flexibility index (Phi) is 4.68. The van der Waals surface area contributed by atoms with E-state index in [1.165, 1.54) is 38.5 Å². The smallest absolute Gasteiger partial charge is 0.179 e. The van der Waals surface area contributed by atoms with Crippen LogP contribution in [0.15, 0.2) is 23.2 Å². The van der Waals surface area contributed by atoms with Gasteiger partial charge >= 0.3 is 0 Å². The Morgan fingerprint density at radius 2 is 2.09 bits per heavy atom. The summed E-state index contributed by atoms with van der Waals surface area (Å²) in [6.45, 7) is 3.27. The van der Waals surface area contributed by atoms with E-state index in [-0.39, 0.29) is 6.04 Å². The predicted octanol–water partition coefficient (Wildman–Crippen LogP) is 2.16. The zero-order valence-corrected chi connectivity index (χ0v) is 14.0. The fraction of sp³-hybridized carbons (Fsp3) is 0.688. The normalized spacial score (nSPS) is 24.0. The number of nitrogens with one attached hydrogen (secondary N) is 1. The van der Waals surface area contributed by atoms with E-state index in [0.29, 0.717) is 10.7 Å². The third kappa shape index (κ3) is 3.79. The van der Waals surface area contributed by atoms with Gasteiger partial charge in [0, 0.05) is 38.1 Å². The summed E-state index contributed by atoms with van der Waals surface area (Å²) in [7, 11) is -3.25. The molecule has 1 unspecified atom stereocenters. The Morgan fingerprint density at radius 3 is 2.82 bits per heavy atom. The van der Waals surface area contributed by atoms with Gasteiger partial charge in [0.15, 0.2) is 9.84 Å². The first kappa shape index (κ1) is 15.7. The Balaban J connectivity index is 1.60. The van der Waals surface area contributed by atoms with E-state index < -0.39 is 9.84 Å². The molecule has 22 heavy (non-hydrogen) atoms. The molecule has 1 saturated heterocycles. The number of hydrogen-bond acceptors (Lipinski definition) is 5. The predicted molar refractivity (Wildman–Crippen MR) is 87.8 cm³/mol. The molecule has 0 amide bonds. The number of likely N-dealkylation sites (tertiary alicyclic amines) is 1. The van der Waals surface area contributed by atoms with Crippen molar-refractivity contribution in [1.82, 2.24) is 9.88 Å². The first-order valence-corrected chi connectivity index (χ1v) is 10.1. The molecule has 2 aliphatic rings. The van der Waals surface area contributed by atoms with Crippen LogP contribution in [0, 0.1) is 5.92 Å². The lowest BCUT2D eigenvalue weighted by molar-refractivity contribution is 0.278. The number of aromatic nitrogens is 1. The molecule has 0 bridgehead atoms. The lowest BCUT2D eigenvalue weighted by Crippen LogP contribution is -2.30. The van der Waals surface area contributed by atoms with Gasteiger partial charge in [-0.05, 0) is 37.3 Å². The van der Waals surface area contributed by atoms with Crippen LogP contribution in [-0.2, 0) is 9.84 Å². The molecule has 1 aliphatic carbocycles. The molecule has 1 aromatic rings. The minimum absolute atomic E-state index is 0.289. The van der Waals surface area contributed by atoms with Crippen LogP contribution in [0.3, 0.4) is 0 Å². The average molecular weight is 323 g/mol. The van der Waals surface area contributed by atoms with Crippen molar-refractivity contribution in [2.45, 2.75) is 43.0 Å². The molecule has 0 spiro atoms. The number of nitrogens with zero attached hydrogens (tertiary/aromatic N) is 2. The van der Waals surface area contributed by atoms with Crippen LogP contribution in [-0.4, -0.2) is 50.2 Å². The van der Waals surface area contributed by atoms with Crippen molar-refractivity contribution in [2.24, 2.45) is 5.92 Å². The quantitative estimate of drug-likeness (QED) is 0.900. The van der Waals surface area contributed by atoms with Crippen LogP contribution >= 0.6 is 0 Å². The van der Waals surface area contributed by atoms with Crippen molar-refractivity contribution in [1.29, 1.82) is 0 Å². The number of sulfone groups is 1. The highest BCUT2D eigenvalue weighted by molar-refractivity contribution is 7.90. The fourth-order valence-electron chi connectivity index (χ4n) is 3.67. The summed E-state index contributed by atoms with van der Waals surface area (Å²) in [5.41, 5.74) is 0. The Hall–Kier alpha value is -1.14. The molecule has 6 heteroatoms. The topological polar surface area (TPSA) is 62.3 Å². The molecule has 122 valence electrons. The zero-order chi connectivity index (χ0) is 15.6. The number of hydrogen-bond donors (Lipinski definition) is 1. The van der Waals surface area contributed by atoms with Crippen molar-refractivity contribution in [3.05, 3.63) is 18.3 Å². The van der Waals surface area contributed by atoms with Gasteiger partial charge in [0.2, 0.25) is 0 Å². The van der Waals surface area contributed by atoms with Crippen LogP contribution < -0.4 is 5.32 Å². The van der Waals surface area contributed by atoms with Gasteiger partial charge in [-0.15, -0.1) is 0 Å². The molecule has 1 saturated carbocycles. The summed E-state index contributed by atoms with van der Waals surface area (Å²) < 4.78 is 23.7. The lowest BCUT2D eigenvalue weighted by atomic mass is 10.1. The van der Waals surface area contributed by atoms with E-state index in [1.807, 2.05) is 0 Å². The molecule has 1 aromatic heterocycles. The van der Waals surface area contributed by atoms with Gasteiger partial charge in [-0.2, -0.15) is 0 Å². The maximum atomic E-state index is 11.8. The maximum absolute atomic E-state index is 11.8. The van der Waals surface area contributed by atoms with E-state index in [0.717, 1.165) is 25.4 Å². The molecular formula is C16H25N3O2S. The fourth-order valence-corrected chi connectivity index (χ4v) is 4.45. The first-order valence-electron chi connectivity index (χ1n) is 8.16. The van der Waals surface area contributed by atoms with Crippen molar-refractivity contribution < 1.29 is 8.42 Å². The monoisotopic (exact) mass is 323 g/mol. The summed E-state index contributed by atoms with van der Waals surface area (Å²) in [6.07, 6.45) is 9.42. The van der Waals surface area contributed by atoms with E-state index in [9.17, 15) is 8.42 Å². The average Bonchev–Trinajstić information content (AvgIpc) is 3.11. The van der Waals surface area contributed by atoms with Crippen LogP contribution in [0.1, 0.15) is 32.1 Å². The van der Waals surface area contributed by atoms with Gasteiger partial charge in [-0.25, -0.2) is 13.4 Å². The molecule has 5 nitrogen and oxygen atoms in total. The molecule has 1 N–H and O–H groups in total. The zero-order valence-electron chi connectivity index (χ0n) is 13.2. The van der Waals surface area contributed by atoms with E-state index >= 15 is 0 Å². The van der Waals surface area contributed by atoms with Gasteiger partial charge < -0.3 is 10.2 Å². The first-order chi connectivity index (χ1) is 10.5. The van der Waals surface area contributed by atoms with Gasteiger partial charge in [-0.3, -0.25) is 0 Å². The van der Waals surface area contributed by atoms with Crippen LogP contribution in [0.2, 0.25) is 0 Å². The van der Waals surface area contributed by atoms with Crippen LogP contribution in [0.4, 0.5) is 5.82 Å². The second-order valence-electron chi connectivity index (χ2n) is 6.66. The van der Waals surface area contributed by atoms with Crippen molar-refractivity contribution in [3.8, 4) is 0 Å². The summed E-state index contributed by atoms with van der Waals surface area (Å²) in [5, 5.41) is 3.34. The molecular weight excluding hydrogens is 298 g/mol.